The lowest BCUT2D eigenvalue weighted by atomic mass is 9.91. The van der Waals surface area contributed by atoms with Crippen LogP contribution in [0.4, 0.5) is 0 Å². The van der Waals surface area contributed by atoms with E-state index in [2.05, 4.69) is 6.58 Å². The molecule has 0 fully saturated rings. The summed E-state index contributed by atoms with van der Waals surface area (Å²) in [7, 11) is 0. The Morgan fingerprint density at radius 3 is 2.53 bits per heavy atom. The first-order chi connectivity index (χ1) is 8.19. The second kappa shape index (κ2) is 6.63. The van der Waals surface area contributed by atoms with Gasteiger partial charge in [-0.1, -0.05) is 36.9 Å². The van der Waals surface area contributed by atoms with E-state index in [9.17, 15) is 9.59 Å². The van der Waals surface area contributed by atoms with Crippen molar-refractivity contribution in [2.24, 2.45) is 0 Å². The van der Waals surface area contributed by atoms with Crippen LogP contribution in [0.25, 0.3) is 0 Å². The summed E-state index contributed by atoms with van der Waals surface area (Å²) in [6.45, 7) is 5.52. The molecule has 0 aliphatic carbocycles. The SMILES string of the molecule is C=CC(=O)C(CC(=O)OCC)c1ccccc1. The van der Waals surface area contributed by atoms with Crippen molar-refractivity contribution < 1.29 is 14.3 Å². The van der Waals surface area contributed by atoms with E-state index < -0.39 is 5.92 Å². The Labute approximate surface area is 101 Å². The molecule has 1 aromatic carbocycles. The molecule has 3 heteroatoms. The van der Waals surface area contributed by atoms with Gasteiger partial charge >= 0.3 is 5.97 Å². The molecule has 0 aromatic heterocycles. The second-order valence-electron chi connectivity index (χ2n) is 3.58. The standard InChI is InChI=1S/C14H16O3/c1-3-13(15)12(10-14(16)17-4-2)11-8-6-5-7-9-11/h3,5-9,12H,1,4,10H2,2H3. The van der Waals surface area contributed by atoms with E-state index in [0.717, 1.165) is 5.56 Å². The molecule has 0 N–H and O–H groups in total. The number of ether oxygens (including phenoxy) is 1. The minimum Gasteiger partial charge on any atom is -0.466 e. The highest BCUT2D eigenvalue weighted by molar-refractivity contribution is 5.97. The van der Waals surface area contributed by atoms with Gasteiger partial charge in [-0.3, -0.25) is 9.59 Å². The molecule has 0 aliphatic heterocycles. The Morgan fingerprint density at radius 2 is 2.00 bits per heavy atom. The summed E-state index contributed by atoms with van der Waals surface area (Å²) in [6, 6.07) is 9.19. The van der Waals surface area contributed by atoms with Crippen molar-refractivity contribution in [3.05, 3.63) is 48.6 Å². The minimum absolute atomic E-state index is 0.0582. The summed E-state index contributed by atoms with van der Waals surface area (Å²) in [5.41, 5.74) is 0.811. The number of allylic oxidation sites excluding steroid dienone is 1. The van der Waals surface area contributed by atoms with Crippen LogP contribution < -0.4 is 0 Å². The first-order valence-corrected chi connectivity index (χ1v) is 5.55. The van der Waals surface area contributed by atoms with Crippen molar-refractivity contribution in [1.82, 2.24) is 0 Å². The summed E-state index contributed by atoms with van der Waals surface area (Å²) in [4.78, 5) is 23.2. The van der Waals surface area contributed by atoms with Crippen molar-refractivity contribution >= 4 is 11.8 Å². The van der Waals surface area contributed by atoms with Gasteiger partial charge in [0.1, 0.15) is 0 Å². The first kappa shape index (κ1) is 13.2. The zero-order valence-corrected chi connectivity index (χ0v) is 9.89. The third-order valence-electron chi connectivity index (χ3n) is 2.42. The van der Waals surface area contributed by atoms with E-state index in [1.54, 1.807) is 6.92 Å². The number of rotatable bonds is 6. The number of hydrogen-bond donors (Lipinski definition) is 0. The summed E-state index contributed by atoms with van der Waals surface area (Å²) < 4.78 is 4.86. The molecule has 0 radical (unpaired) electrons. The molecule has 0 saturated heterocycles. The number of ketones is 1. The molecular formula is C14H16O3. The zero-order chi connectivity index (χ0) is 12.7. The quantitative estimate of drug-likeness (QED) is 0.559. The molecule has 0 amide bonds. The van der Waals surface area contributed by atoms with Crippen LogP contribution in [0.3, 0.4) is 0 Å². The molecule has 0 heterocycles. The van der Waals surface area contributed by atoms with Crippen molar-refractivity contribution in [3.63, 3.8) is 0 Å². The minimum atomic E-state index is -0.493. The predicted octanol–water partition coefficient (Wildman–Crippen LogP) is 2.48. The highest BCUT2D eigenvalue weighted by atomic mass is 16.5. The Morgan fingerprint density at radius 1 is 1.35 bits per heavy atom. The van der Waals surface area contributed by atoms with Crippen molar-refractivity contribution in [3.8, 4) is 0 Å². The van der Waals surface area contributed by atoms with Crippen LogP contribution in [0.5, 0.6) is 0 Å². The topological polar surface area (TPSA) is 43.4 Å². The van der Waals surface area contributed by atoms with Gasteiger partial charge < -0.3 is 4.74 Å². The van der Waals surface area contributed by atoms with Gasteiger partial charge in [0.2, 0.25) is 0 Å². The number of benzene rings is 1. The van der Waals surface area contributed by atoms with E-state index in [1.807, 2.05) is 30.3 Å². The second-order valence-corrected chi connectivity index (χ2v) is 3.58. The lowest BCUT2D eigenvalue weighted by molar-refractivity contribution is -0.144. The van der Waals surface area contributed by atoms with Gasteiger partial charge in [-0.15, -0.1) is 0 Å². The van der Waals surface area contributed by atoms with Gasteiger partial charge in [-0.25, -0.2) is 0 Å². The maximum Gasteiger partial charge on any atom is 0.306 e. The highest BCUT2D eigenvalue weighted by Crippen LogP contribution is 2.21. The van der Waals surface area contributed by atoms with Gasteiger partial charge in [0.15, 0.2) is 5.78 Å². The molecule has 90 valence electrons. The molecule has 1 aromatic rings. The summed E-state index contributed by atoms with van der Waals surface area (Å²) >= 11 is 0. The monoisotopic (exact) mass is 232 g/mol. The van der Waals surface area contributed by atoms with E-state index in [1.165, 1.54) is 6.08 Å². The third-order valence-corrected chi connectivity index (χ3v) is 2.42. The van der Waals surface area contributed by atoms with Crippen LogP contribution in [0.1, 0.15) is 24.8 Å². The van der Waals surface area contributed by atoms with E-state index >= 15 is 0 Å². The van der Waals surface area contributed by atoms with Crippen LogP contribution in [0, 0.1) is 0 Å². The third kappa shape index (κ3) is 3.87. The number of esters is 1. The Hall–Kier alpha value is -1.90. The average Bonchev–Trinajstić information content (AvgIpc) is 2.36. The molecule has 1 atom stereocenters. The number of carbonyl (C=O) groups excluding carboxylic acids is 2. The molecule has 3 nitrogen and oxygen atoms in total. The summed E-state index contributed by atoms with van der Waals surface area (Å²) in [5.74, 6) is -1.02. The lowest BCUT2D eigenvalue weighted by Gasteiger charge is -2.13. The number of carbonyl (C=O) groups is 2. The van der Waals surface area contributed by atoms with Gasteiger partial charge in [0, 0.05) is 0 Å². The molecule has 1 rings (SSSR count). The Bertz CT molecular complexity index is 395. The van der Waals surface area contributed by atoms with Crippen molar-refractivity contribution in [1.29, 1.82) is 0 Å². The maximum absolute atomic E-state index is 11.7. The molecule has 0 aliphatic rings. The molecular weight excluding hydrogens is 216 g/mol. The van der Waals surface area contributed by atoms with Gasteiger partial charge in [0.05, 0.1) is 18.9 Å². The van der Waals surface area contributed by atoms with E-state index in [-0.39, 0.29) is 18.2 Å². The van der Waals surface area contributed by atoms with Gasteiger partial charge in [-0.2, -0.15) is 0 Å². The van der Waals surface area contributed by atoms with Crippen LogP contribution >= 0.6 is 0 Å². The Balaban J connectivity index is 2.85. The van der Waals surface area contributed by atoms with Crippen molar-refractivity contribution in [2.45, 2.75) is 19.3 Å². The summed E-state index contributed by atoms with van der Waals surface area (Å²) in [6.07, 6.45) is 1.31. The number of hydrogen-bond acceptors (Lipinski definition) is 3. The van der Waals surface area contributed by atoms with Crippen molar-refractivity contribution in [2.75, 3.05) is 6.61 Å². The lowest BCUT2D eigenvalue weighted by Crippen LogP contribution is -2.16. The van der Waals surface area contributed by atoms with Crippen LogP contribution in [-0.4, -0.2) is 18.4 Å². The zero-order valence-electron chi connectivity index (χ0n) is 9.89. The fraction of sp³-hybridized carbons (Fsp3) is 0.286. The largest absolute Gasteiger partial charge is 0.466 e. The van der Waals surface area contributed by atoms with Crippen LogP contribution in [-0.2, 0) is 14.3 Å². The smallest absolute Gasteiger partial charge is 0.306 e. The molecule has 0 saturated carbocycles. The maximum atomic E-state index is 11.7. The molecule has 17 heavy (non-hydrogen) atoms. The summed E-state index contributed by atoms with van der Waals surface area (Å²) in [5, 5.41) is 0. The predicted molar refractivity (Wildman–Crippen MR) is 65.6 cm³/mol. The first-order valence-electron chi connectivity index (χ1n) is 5.55. The van der Waals surface area contributed by atoms with E-state index in [0.29, 0.717) is 6.61 Å². The fourth-order valence-corrected chi connectivity index (χ4v) is 1.60. The van der Waals surface area contributed by atoms with Gasteiger partial charge in [-0.05, 0) is 18.6 Å². The highest BCUT2D eigenvalue weighted by Gasteiger charge is 2.21. The van der Waals surface area contributed by atoms with Gasteiger partial charge in [0.25, 0.3) is 0 Å². The fourth-order valence-electron chi connectivity index (χ4n) is 1.60. The average molecular weight is 232 g/mol. The van der Waals surface area contributed by atoms with E-state index in [4.69, 9.17) is 4.74 Å². The normalized spacial score (nSPS) is 11.6. The van der Waals surface area contributed by atoms with Crippen LogP contribution in [0.2, 0.25) is 0 Å². The Kier molecular flexibility index (Phi) is 5.14. The molecule has 1 unspecified atom stereocenters. The molecule has 0 bridgehead atoms. The molecule has 0 spiro atoms. The van der Waals surface area contributed by atoms with Crippen LogP contribution in [0.15, 0.2) is 43.0 Å².